The fraction of sp³-hybridized carbons (Fsp3) is 0.667. The predicted molar refractivity (Wildman–Crippen MR) is 53.1 cm³/mol. The average Bonchev–Trinajstić information content (AvgIpc) is 2.52. The molecule has 0 spiro atoms. The van der Waals surface area contributed by atoms with Gasteiger partial charge in [0, 0.05) is 18.9 Å². The fourth-order valence-corrected chi connectivity index (χ4v) is 2.01. The monoisotopic (exact) mass is 201 g/mol. The molecule has 0 radical (unpaired) electrons. The van der Waals surface area contributed by atoms with Gasteiger partial charge in [-0.2, -0.15) is 0 Å². The Hall–Kier alpha value is -0.450. The number of methoxy groups -OCH3 is 1. The molecule has 0 aromatic carbocycles. The molecule has 0 saturated carbocycles. The van der Waals surface area contributed by atoms with E-state index in [1.807, 2.05) is 5.38 Å². The van der Waals surface area contributed by atoms with E-state index in [9.17, 15) is 5.11 Å². The summed E-state index contributed by atoms with van der Waals surface area (Å²) in [5.41, 5.74) is 1.10. The Bertz CT molecular complexity index is 250. The predicted octanol–water partition coefficient (Wildman–Crippen LogP) is 1.26. The van der Waals surface area contributed by atoms with Crippen molar-refractivity contribution >= 4 is 11.3 Å². The number of aliphatic hydroxyl groups excluding tert-OH is 1. The Morgan fingerprint density at radius 3 is 3.00 bits per heavy atom. The van der Waals surface area contributed by atoms with Gasteiger partial charge in [-0.15, -0.1) is 11.3 Å². The van der Waals surface area contributed by atoms with Crippen LogP contribution in [0.4, 0.5) is 0 Å². The van der Waals surface area contributed by atoms with E-state index in [4.69, 9.17) is 4.74 Å². The molecule has 1 aromatic rings. The minimum atomic E-state index is -0.430. The molecule has 74 valence electrons. The highest BCUT2D eigenvalue weighted by Gasteiger charge is 2.07. The van der Waals surface area contributed by atoms with Gasteiger partial charge in [-0.05, 0) is 6.42 Å². The van der Waals surface area contributed by atoms with Crippen molar-refractivity contribution in [3.63, 3.8) is 0 Å². The van der Waals surface area contributed by atoms with Gasteiger partial charge in [0.1, 0.15) is 0 Å². The fourth-order valence-electron chi connectivity index (χ4n) is 1.06. The number of aryl methyl sites for hydroxylation is 1. The second-order valence-electron chi connectivity index (χ2n) is 2.90. The zero-order valence-electron chi connectivity index (χ0n) is 7.99. The zero-order chi connectivity index (χ0) is 9.68. The molecular weight excluding hydrogens is 186 g/mol. The third-order valence-electron chi connectivity index (χ3n) is 1.73. The molecule has 0 fully saturated rings. The van der Waals surface area contributed by atoms with Gasteiger partial charge in [-0.25, -0.2) is 4.98 Å². The number of rotatable bonds is 5. The summed E-state index contributed by atoms with van der Waals surface area (Å²) in [5.74, 6) is 0. The van der Waals surface area contributed by atoms with E-state index in [2.05, 4.69) is 11.9 Å². The van der Waals surface area contributed by atoms with Gasteiger partial charge in [0.05, 0.1) is 23.4 Å². The molecule has 0 aliphatic carbocycles. The minimum Gasteiger partial charge on any atom is -0.390 e. The highest BCUT2D eigenvalue weighted by atomic mass is 32.1. The van der Waals surface area contributed by atoms with Crippen LogP contribution in [-0.4, -0.2) is 29.9 Å². The molecule has 1 rings (SSSR count). The summed E-state index contributed by atoms with van der Waals surface area (Å²) in [6.45, 7) is 2.45. The first-order chi connectivity index (χ1) is 6.26. The van der Waals surface area contributed by atoms with E-state index >= 15 is 0 Å². The number of aromatic nitrogens is 1. The Kier molecular flexibility index (Phi) is 4.35. The summed E-state index contributed by atoms with van der Waals surface area (Å²) in [7, 11) is 1.59. The number of ether oxygens (including phenoxy) is 1. The van der Waals surface area contributed by atoms with Crippen molar-refractivity contribution in [2.24, 2.45) is 0 Å². The summed E-state index contributed by atoms with van der Waals surface area (Å²) in [4.78, 5) is 4.35. The van der Waals surface area contributed by atoms with Crippen molar-refractivity contribution in [1.82, 2.24) is 4.98 Å². The Morgan fingerprint density at radius 2 is 2.46 bits per heavy atom. The molecule has 0 aliphatic rings. The van der Waals surface area contributed by atoms with E-state index in [-0.39, 0.29) is 0 Å². The summed E-state index contributed by atoms with van der Waals surface area (Å²) in [5, 5.41) is 12.5. The lowest BCUT2D eigenvalue weighted by atomic mass is 10.3. The van der Waals surface area contributed by atoms with Crippen LogP contribution in [0.2, 0.25) is 0 Å². The third kappa shape index (κ3) is 3.42. The first-order valence-corrected chi connectivity index (χ1v) is 5.24. The second kappa shape index (κ2) is 5.32. The van der Waals surface area contributed by atoms with Crippen LogP contribution in [0.1, 0.15) is 17.6 Å². The van der Waals surface area contributed by atoms with Gasteiger partial charge in [0.15, 0.2) is 0 Å². The standard InChI is InChI=1S/C9H15NO2S/c1-3-7-6-13-9(10-7)4-8(11)5-12-2/h6,8,11H,3-5H2,1-2H3. The topological polar surface area (TPSA) is 42.4 Å². The summed E-state index contributed by atoms with van der Waals surface area (Å²) in [6, 6.07) is 0. The van der Waals surface area contributed by atoms with Gasteiger partial charge >= 0.3 is 0 Å². The van der Waals surface area contributed by atoms with Crippen molar-refractivity contribution in [2.45, 2.75) is 25.9 Å². The highest BCUT2D eigenvalue weighted by Crippen LogP contribution is 2.12. The molecular formula is C9H15NO2S. The number of hydrogen-bond acceptors (Lipinski definition) is 4. The van der Waals surface area contributed by atoms with Crippen molar-refractivity contribution in [1.29, 1.82) is 0 Å². The van der Waals surface area contributed by atoms with Crippen LogP contribution >= 0.6 is 11.3 Å². The molecule has 1 heterocycles. The first-order valence-electron chi connectivity index (χ1n) is 4.36. The molecule has 0 saturated heterocycles. The van der Waals surface area contributed by atoms with Gasteiger partial charge < -0.3 is 9.84 Å². The maximum absolute atomic E-state index is 9.43. The molecule has 3 nitrogen and oxygen atoms in total. The van der Waals surface area contributed by atoms with Gasteiger partial charge in [-0.3, -0.25) is 0 Å². The molecule has 0 aliphatic heterocycles. The molecule has 13 heavy (non-hydrogen) atoms. The maximum atomic E-state index is 9.43. The smallest absolute Gasteiger partial charge is 0.0954 e. The lowest BCUT2D eigenvalue weighted by molar-refractivity contribution is 0.0650. The normalized spacial score (nSPS) is 13.2. The molecule has 0 bridgehead atoms. The number of aliphatic hydroxyl groups is 1. The van der Waals surface area contributed by atoms with Crippen LogP contribution in [-0.2, 0) is 17.6 Å². The SMILES string of the molecule is CCc1csc(CC(O)COC)n1. The molecule has 1 atom stereocenters. The van der Waals surface area contributed by atoms with E-state index < -0.39 is 6.10 Å². The molecule has 0 amide bonds. The quantitative estimate of drug-likeness (QED) is 0.779. The first kappa shape index (κ1) is 10.6. The van der Waals surface area contributed by atoms with E-state index in [0.29, 0.717) is 13.0 Å². The summed E-state index contributed by atoms with van der Waals surface area (Å²) >= 11 is 1.60. The number of hydrogen-bond donors (Lipinski definition) is 1. The van der Waals surface area contributed by atoms with Crippen molar-refractivity contribution in [3.05, 3.63) is 16.1 Å². The van der Waals surface area contributed by atoms with Crippen LogP contribution in [0.5, 0.6) is 0 Å². The summed E-state index contributed by atoms with van der Waals surface area (Å²) in [6.07, 6.45) is 1.12. The maximum Gasteiger partial charge on any atom is 0.0954 e. The van der Waals surface area contributed by atoms with Crippen LogP contribution in [0.25, 0.3) is 0 Å². The Balaban J connectivity index is 2.44. The molecule has 1 aromatic heterocycles. The average molecular weight is 201 g/mol. The minimum absolute atomic E-state index is 0.376. The van der Waals surface area contributed by atoms with Crippen molar-refractivity contribution in [3.8, 4) is 0 Å². The van der Waals surface area contributed by atoms with E-state index in [0.717, 1.165) is 17.1 Å². The zero-order valence-corrected chi connectivity index (χ0v) is 8.80. The van der Waals surface area contributed by atoms with Gasteiger partial charge in [0.2, 0.25) is 0 Å². The van der Waals surface area contributed by atoms with Crippen LogP contribution < -0.4 is 0 Å². The molecule has 4 heteroatoms. The largest absolute Gasteiger partial charge is 0.390 e. The van der Waals surface area contributed by atoms with Crippen molar-refractivity contribution in [2.75, 3.05) is 13.7 Å². The Morgan fingerprint density at radius 1 is 1.69 bits per heavy atom. The Labute approximate surface area is 82.4 Å². The van der Waals surface area contributed by atoms with Gasteiger partial charge in [-0.1, -0.05) is 6.92 Å². The van der Waals surface area contributed by atoms with Crippen LogP contribution in [0.15, 0.2) is 5.38 Å². The molecule has 1 unspecified atom stereocenters. The van der Waals surface area contributed by atoms with E-state index in [1.165, 1.54) is 0 Å². The van der Waals surface area contributed by atoms with Gasteiger partial charge in [0.25, 0.3) is 0 Å². The van der Waals surface area contributed by atoms with Crippen LogP contribution in [0, 0.1) is 0 Å². The number of thiazole rings is 1. The molecule has 1 N–H and O–H groups in total. The second-order valence-corrected chi connectivity index (χ2v) is 3.84. The summed E-state index contributed by atoms with van der Waals surface area (Å²) < 4.78 is 4.84. The lowest BCUT2D eigenvalue weighted by Crippen LogP contribution is -2.16. The number of nitrogens with zero attached hydrogens (tertiary/aromatic N) is 1. The third-order valence-corrected chi connectivity index (χ3v) is 2.65. The lowest BCUT2D eigenvalue weighted by Gasteiger charge is -2.05. The van der Waals surface area contributed by atoms with Crippen molar-refractivity contribution < 1.29 is 9.84 Å². The highest BCUT2D eigenvalue weighted by molar-refractivity contribution is 7.09. The van der Waals surface area contributed by atoms with E-state index in [1.54, 1.807) is 18.4 Å². The van der Waals surface area contributed by atoms with Crippen LogP contribution in [0.3, 0.4) is 0 Å².